The van der Waals surface area contributed by atoms with Gasteiger partial charge in [-0.15, -0.1) is 0 Å². The van der Waals surface area contributed by atoms with E-state index in [9.17, 15) is 5.11 Å². The van der Waals surface area contributed by atoms with Crippen LogP contribution >= 0.6 is 0 Å². The summed E-state index contributed by atoms with van der Waals surface area (Å²) in [5, 5.41) is 10.1. The maximum atomic E-state index is 10.1. The van der Waals surface area contributed by atoms with E-state index in [1.807, 2.05) is 37.3 Å². The van der Waals surface area contributed by atoms with Crippen molar-refractivity contribution < 1.29 is 5.11 Å². The number of allylic oxidation sites excluding steroid dienone is 4. The van der Waals surface area contributed by atoms with Gasteiger partial charge in [-0.2, -0.15) is 0 Å². The third kappa shape index (κ3) is 4.46. The second-order valence-corrected chi connectivity index (χ2v) is 5.99. The quantitative estimate of drug-likeness (QED) is 0.535. The first-order valence-corrected chi connectivity index (χ1v) is 7.86. The smallest absolute Gasteiger partial charge is 0.119 e. The molecule has 0 unspecified atom stereocenters. The largest absolute Gasteiger partial charge is 0.508 e. The van der Waals surface area contributed by atoms with Gasteiger partial charge in [0.1, 0.15) is 5.75 Å². The van der Waals surface area contributed by atoms with Crippen LogP contribution in [0.4, 0.5) is 0 Å². The van der Waals surface area contributed by atoms with Crippen LogP contribution in [0, 0.1) is 6.92 Å². The van der Waals surface area contributed by atoms with Gasteiger partial charge in [0, 0.05) is 5.56 Å². The molecule has 1 nitrogen and oxygen atoms in total. The molecule has 1 heteroatoms. The van der Waals surface area contributed by atoms with Crippen molar-refractivity contribution in [3.63, 3.8) is 0 Å². The van der Waals surface area contributed by atoms with Crippen LogP contribution in [-0.4, -0.2) is 5.11 Å². The van der Waals surface area contributed by atoms with E-state index in [0.29, 0.717) is 5.75 Å². The summed E-state index contributed by atoms with van der Waals surface area (Å²) in [6, 6.07) is 13.9. The number of phenolic OH excluding ortho intramolecular Hbond substituents is 1. The minimum Gasteiger partial charge on any atom is -0.508 e. The number of hydrogen-bond donors (Lipinski definition) is 1. The first kappa shape index (κ1) is 16.8. The second-order valence-electron chi connectivity index (χ2n) is 5.99. The van der Waals surface area contributed by atoms with E-state index in [1.165, 1.54) is 5.57 Å². The minimum absolute atomic E-state index is 0.351. The van der Waals surface area contributed by atoms with Crippen LogP contribution in [0.25, 0.3) is 11.6 Å². The lowest BCUT2D eigenvalue weighted by Crippen LogP contribution is -1.94. The lowest BCUT2D eigenvalue weighted by atomic mass is 9.94. The maximum absolute atomic E-state index is 10.1. The lowest BCUT2D eigenvalue weighted by Gasteiger charge is -2.12. The normalized spacial score (nSPS) is 10.7. The Morgan fingerprint density at radius 1 is 1.09 bits per heavy atom. The number of phenols is 1. The molecule has 0 aliphatic carbocycles. The highest BCUT2D eigenvalue weighted by Gasteiger charge is 2.09. The predicted octanol–water partition coefficient (Wildman–Crippen LogP) is 5.94. The Kier molecular flexibility index (Phi) is 5.59. The molecule has 0 aromatic heterocycles. The van der Waals surface area contributed by atoms with E-state index in [-0.39, 0.29) is 0 Å². The molecule has 0 atom stereocenters. The Bertz CT molecular complexity index is 745. The van der Waals surface area contributed by atoms with Gasteiger partial charge in [0.2, 0.25) is 0 Å². The van der Waals surface area contributed by atoms with E-state index in [4.69, 9.17) is 0 Å². The van der Waals surface area contributed by atoms with Gasteiger partial charge in [0.15, 0.2) is 0 Å². The molecule has 0 aliphatic rings. The van der Waals surface area contributed by atoms with E-state index in [0.717, 1.165) is 34.2 Å². The minimum atomic E-state index is 0.351. The van der Waals surface area contributed by atoms with Gasteiger partial charge >= 0.3 is 0 Å². The molecule has 2 aromatic carbocycles. The van der Waals surface area contributed by atoms with E-state index in [2.05, 4.69) is 44.7 Å². The summed E-state index contributed by atoms with van der Waals surface area (Å²) in [6.45, 7) is 10.4. The summed E-state index contributed by atoms with van der Waals surface area (Å²) in [6.07, 6.45) is 6.96. The summed E-state index contributed by atoms with van der Waals surface area (Å²) < 4.78 is 0. The van der Waals surface area contributed by atoms with Gasteiger partial charge in [0.05, 0.1) is 0 Å². The molecule has 0 aliphatic heterocycles. The van der Waals surface area contributed by atoms with Crippen molar-refractivity contribution in [2.45, 2.75) is 27.2 Å². The average Bonchev–Trinajstić information content (AvgIpc) is 2.53. The van der Waals surface area contributed by atoms with Crippen molar-refractivity contribution in [2.24, 2.45) is 0 Å². The summed E-state index contributed by atoms with van der Waals surface area (Å²) in [4.78, 5) is 0. The van der Waals surface area contributed by atoms with Gasteiger partial charge in [0.25, 0.3) is 0 Å². The van der Waals surface area contributed by atoms with Crippen molar-refractivity contribution in [1.29, 1.82) is 0 Å². The molecule has 118 valence electrons. The van der Waals surface area contributed by atoms with Crippen LogP contribution in [-0.2, 0) is 6.42 Å². The second kappa shape index (κ2) is 7.64. The summed E-state index contributed by atoms with van der Waals surface area (Å²) in [5.74, 6) is 0.351. The van der Waals surface area contributed by atoms with Crippen LogP contribution in [0.1, 0.15) is 36.1 Å². The molecule has 0 saturated heterocycles. The van der Waals surface area contributed by atoms with Crippen LogP contribution in [0.2, 0.25) is 0 Å². The fourth-order valence-electron chi connectivity index (χ4n) is 2.50. The fourth-order valence-corrected chi connectivity index (χ4v) is 2.50. The van der Waals surface area contributed by atoms with Gasteiger partial charge < -0.3 is 5.11 Å². The van der Waals surface area contributed by atoms with Gasteiger partial charge in [-0.25, -0.2) is 0 Å². The van der Waals surface area contributed by atoms with E-state index >= 15 is 0 Å². The summed E-state index contributed by atoms with van der Waals surface area (Å²) in [7, 11) is 0. The molecule has 0 spiro atoms. The third-order valence-corrected chi connectivity index (χ3v) is 3.91. The maximum Gasteiger partial charge on any atom is 0.119 e. The zero-order valence-corrected chi connectivity index (χ0v) is 14.1. The van der Waals surface area contributed by atoms with Crippen molar-refractivity contribution in [1.82, 2.24) is 0 Å². The Labute approximate surface area is 139 Å². The van der Waals surface area contributed by atoms with Gasteiger partial charge in [-0.3, -0.25) is 0 Å². The molecule has 1 N–H and O–H groups in total. The molecule has 2 aromatic rings. The molecule has 0 saturated carbocycles. The van der Waals surface area contributed by atoms with Crippen LogP contribution in [0.5, 0.6) is 5.75 Å². The molecular weight excluding hydrogens is 280 g/mol. The van der Waals surface area contributed by atoms with Crippen LogP contribution < -0.4 is 0 Å². The summed E-state index contributed by atoms with van der Waals surface area (Å²) in [5.41, 5.74) is 6.48. The predicted molar refractivity (Wildman–Crippen MR) is 100 cm³/mol. The number of hydrogen-bond acceptors (Lipinski definition) is 1. The van der Waals surface area contributed by atoms with Crippen LogP contribution in [0.15, 0.2) is 66.8 Å². The van der Waals surface area contributed by atoms with Crippen molar-refractivity contribution in [3.8, 4) is 5.75 Å². The van der Waals surface area contributed by atoms with Gasteiger partial charge in [-0.1, -0.05) is 66.8 Å². The van der Waals surface area contributed by atoms with E-state index < -0.39 is 0 Å². The zero-order valence-electron chi connectivity index (χ0n) is 14.1. The molecular formula is C22H24O. The van der Waals surface area contributed by atoms with Crippen molar-refractivity contribution >= 4 is 11.6 Å². The highest BCUT2D eigenvalue weighted by atomic mass is 16.3. The molecule has 0 fully saturated rings. The fraction of sp³-hybridized carbons (Fsp3) is 0.182. The van der Waals surface area contributed by atoms with Crippen LogP contribution in [0.3, 0.4) is 0 Å². The lowest BCUT2D eigenvalue weighted by molar-refractivity contribution is 0.469. The SMILES string of the molecule is C=C(/C=C/c1ccccc1)c1ccc(O)c(CC=C(C)C)c1C. The first-order chi connectivity index (χ1) is 11.0. The monoisotopic (exact) mass is 304 g/mol. The van der Waals surface area contributed by atoms with Gasteiger partial charge in [-0.05, 0) is 55.5 Å². The molecule has 23 heavy (non-hydrogen) atoms. The first-order valence-electron chi connectivity index (χ1n) is 7.86. The zero-order chi connectivity index (χ0) is 16.8. The topological polar surface area (TPSA) is 20.2 Å². The standard InChI is InChI=1S/C22H24O/c1-16(2)10-13-21-18(4)20(14-15-22(21)23)17(3)11-12-19-8-6-5-7-9-19/h5-12,14-15,23H,3,13H2,1-2,4H3/b12-11+. The molecule has 0 bridgehead atoms. The number of benzene rings is 2. The third-order valence-electron chi connectivity index (χ3n) is 3.91. The Hall–Kier alpha value is -2.54. The molecule has 0 amide bonds. The van der Waals surface area contributed by atoms with E-state index in [1.54, 1.807) is 6.07 Å². The highest BCUT2D eigenvalue weighted by molar-refractivity contribution is 5.79. The van der Waals surface area contributed by atoms with Crippen molar-refractivity contribution in [2.75, 3.05) is 0 Å². The Balaban J connectivity index is 2.29. The van der Waals surface area contributed by atoms with Crippen molar-refractivity contribution in [3.05, 3.63) is 89.0 Å². The number of rotatable bonds is 5. The molecule has 2 rings (SSSR count). The molecule has 0 heterocycles. The highest BCUT2D eigenvalue weighted by Crippen LogP contribution is 2.29. The Morgan fingerprint density at radius 3 is 2.43 bits per heavy atom. The average molecular weight is 304 g/mol. The summed E-state index contributed by atoms with van der Waals surface area (Å²) >= 11 is 0. The Morgan fingerprint density at radius 2 is 1.78 bits per heavy atom. The molecule has 0 radical (unpaired) electrons. The number of aromatic hydroxyl groups is 1.